The van der Waals surface area contributed by atoms with Crippen molar-refractivity contribution in [2.24, 2.45) is 0 Å². The molecule has 0 aromatic carbocycles. The molecule has 0 aromatic heterocycles. The number of hydrogen-bond donors (Lipinski definition) is 0. The van der Waals surface area contributed by atoms with Crippen LogP contribution in [-0.2, 0) is 4.79 Å². The van der Waals surface area contributed by atoms with E-state index in [1.807, 2.05) is 17.9 Å². The maximum atomic E-state index is 11.9. The van der Waals surface area contributed by atoms with Crippen LogP contribution in [0.5, 0.6) is 0 Å². The monoisotopic (exact) mass is 195 g/mol. The van der Waals surface area contributed by atoms with E-state index in [0.29, 0.717) is 0 Å². The predicted molar refractivity (Wildman–Crippen MR) is 59.1 cm³/mol. The molecule has 0 bridgehead atoms. The quantitative estimate of drug-likeness (QED) is 0.620. The Kier molecular flexibility index (Phi) is 4.71. The molecule has 1 aliphatic rings. The Morgan fingerprint density at radius 2 is 1.79 bits per heavy atom. The van der Waals surface area contributed by atoms with Gasteiger partial charge in [-0.05, 0) is 26.2 Å². The lowest BCUT2D eigenvalue weighted by atomic mass is 10.2. The SMILES string of the molecule is CC/C=C(\C)C(=O)N1CCCCCC1. The zero-order chi connectivity index (χ0) is 10.4. The van der Waals surface area contributed by atoms with Crippen molar-refractivity contribution in [1.82, 2.24) is 4.90 Å². The highest BCUT2D eigenvalue weighted by Crippen LogP contribution is 2.12. The van der Waals surface area contributed by atoms with Crippen LogP contribution in [-0.4, -0.2) is 23.9 Å². The molecule has 1 fully saturated rings. The summed E-state index contributed by atoms with van der Waals surface area (Å²) in [6.07, 6.45) is 7.87. The van der Waals surface area contributed by atoms with Crippen molar-refractivity contribution < 1.29 is 4.79 Å². The number of nitrogens with zero attached hydrogens (tertiary/aromatic N) is 1. The average molecular weight is 195 g/mol. The van der Waals surface area contributed by atoms with Gasteiger partial charge >= 0.3 is 0 Å². The first kappa shape index (κ1) is 11.3. The van der Waals surface area contributed by atoms with Crippen LogP contribution < -0.4 is 0 Å². The summed E-state index contributed by atoms with van der Waals surface area (Å²) in [6, 6.07) is 0. The third kappa shape index (κ3) is 3.17. The van der Waals surface area contributed by atoms with Gasteiger partial charge in [-0.1, -0.05) is 25.8 Å². The Bertz CT molecular complexity index is 212. The van der Waals surface area contributed by atoms with E-state index in [0.717, 1.165) is 25.1 Å². The topological polar surface area (TPSA) is 20.3 Å². The lowest BCUT2D eigenvalue weighted by Crippen LogP contribution is -2.32. The van der Waals surface area contributed by atoms with E-state index in [9.17, 15) is 4.79 Å². The summed E-state index contributed by atoms with van der Waals surface area (Å²) in [5.41, 5.74) is 0.911. The Morgan fingerprint density at radius 1 is 1.21 bits per heavy atom. The predicted octanol–water partition coefficient (Wildman–Crippen LogP) is 2.75. The molecule has 1 heterocycles. The van der Waals surface area contributed by atoms with Crippen molar-refractivity contribution in [3.8, 4) is 0 Å². The van der Waals surface area contributed by atoms with Gasteiger partial charge in [-0.25, -0.2) is 0 Å². The number of allylic oxidation sites excluding steroid dienone is 1. The van der Waals surface area contributed by atoms with Gasteiger partial charge in [0.2, 0.25) is 5.91 Å². The second kappa shape index (κ2) is 5.84. The fourth-order valence-corrected chi connectivity index (χ4v) is 1.92. The van der Waals surface area contributed by atoms with Crippen LogP contribution in [0.4, 0.5) is 0 Å². The van der Waals surface area contributed by atoms with Crippen molar-refractivity contribution in [3.05, 3.63) is 11.6 Å². The lowest BCUT2D eigenvalue weighted by Gasteiger charge is -2.20. The highest BCUT2D eigenvalue weighted by Gasteiger charge is 2.15. The van der Waals surface area contributed by atoms with Crippen LogP contribution in [0.25, 0.3) is 0 Å². The molecule has 2 nitrogen and oxygen atoms in total. The van der Waals surface area contributed by atoms with E-state index in [-0.39, 0.29) is 5.91 Å². The molecule has 0 N–H and O–H groups in total. The van der Waals surface area contributed by atoms with Gasteiger partial charge in [0.05, 0.1) is 0 Å². The van der Waals surface area contributed by atoms with E-state index in [1.165, 1.54) is 25.7 Å². The zero-order valence-electron chi connectivity index (χ0n) is 9.38. The van der Waals surface area contributed by atoms with Crippen molar-refractivity contribution in [2.45, 2.75) is 46.0 Å². The minimum absolute atomic E-state index is 0.244. The summed E-state index contributed by atoms with van der Waals surface area (Å²) in [4.78, 5) is 13.9. The van der Waals surface area contributed by atoms with Crippen molar-refractivity contribution in [1.29, 1.82) is 0 Å². The van der Waals surface area contributed by atoms with Crippen molar-refractivity contribution in [2.75, 3.05) is 13.1 Å². The third-order valence-corrected chi connectivity index (χ3v) is 2.74. The van der Waals surface area contributed by atoms with Crippen LogP contribution in [0.1, 0.15) is 46.0 Å². The van der Waals surface area contributed by atoms with Gasteiger partial charge in [0.15, 0.2) is 0 Å². The van der Waals surface area contributed by atoms with Crippen LogP contribution in [0.15, 0.2) is 11.6 Å². The fourth-order valence-electron chi connectivity index (χ4n) is 1.92. The summed E-state index contributed by atoms with van der Waals surface area (Å²) in [5.74, 6) is 0.244. The molecule has 1 rings (SSSR count). The van der Waals surface area contributed by atoms with Gasteiger partial charge in [0.1, 0.15) is 0 Å². The molecule has 1 amide bonds. The van der Waals surface area contributed by atoms with Gasteiger partial charge < -0.3 is 4.90 Å². The molecule has 1 aliphatic heterocycles. The van der Waals surface area contributed by atoms with E-state index < -0.39 is 0 Å². The molecular weight excluding hydrogens is 174 g/mol. The molecule has 1 saturated heterocycles. The first-order valence-corrected chi connectivity index (χ1v) is 5.71. The molecule has 0 unspecified atom stereocenters. The second-order valence-electron chi connectivity index (χ2n) is 4.00. The number of amides is 1. The number of carbonyl (C=O) groups excluding carboxylic acids is 1. The van der Waals surface area contributed by atoms with E-state index in [4.69, 9.17) is 0 Å². The number of hydrogen-bond acceptors (Lipinski definition) is 1. The van der Waals surface area contributed by atoms with Crippen LogP contribution in [0.2, 0.25) is 0 Å². The smallest absolute Gasteiger partial charge is 0.249 e. The van der Waals surface area contributed by atoms with Gasteiger partial charge in [-0.15, -0.1) is 0 Å². The van der Waals surface area contributed by atoms with Gasteiger partial charge in [0, 0.05) is 18.7 Å². The fraction of sp³-hybridized carbons (Fsp3) is 0.750. The van der Waals surface area contributed by atoms with E-state index >= 15 is 0 Å². The molecule has 0 aromatic rings. The average Bonchev–Trinajstić information content (AvgIpc) is 2.45. The Balaban J connectivity index is 2.53. The number of rotatable bonds is 2. The highest BCUT2D eigenvalue weighted by atomic mass is 16.2. The third-order valence-electron chi connectivity index (χ3n) is 2.74. The Labute approximate surface area is 87.0 Å². The molecule has 14 heavy (non-hydrogen) atoms. The highest BCUT2D eigenvalue weighted by molar-refractivity contribution is 5.92. The van der Waals surface area contributed by atoms with Gasteiger partial charge in [0.25, 0.3) is 0 Å². The summed E-state index contributed by atoms with van der Waals surface area (Å²) >= 11 is 0. The summed E-state index contributed by atoms with van der Waals surface area (Å²) in [5, 5.41) is 0. The second-order valence-corrected chi connectivity index (χ2v) is 4.00. The summed E-state index contributed by atoms with van der Waals surface area (Å²) in [6.45, 7) is 5.90. The molecule has 2 heteroatoms. The maximum Gasteiger partial charge on any atom is 0.249 e. The minimum Gasteiger partial charge on any atom is -0.339 e. The normalized spacial score (nSPS) is 19.3. The van der Waals surface area contributed by atoms with Crippen LogP contribution >= 0.6 is 0 Å². The van der Waals surface area contributed by atoms with Crippen LogP contribution in [0, 0.1) is 0 Å². The van der Waals surface area contributed by atoms with Gasteiger partial charge in [-0.3, -0.25) is 4.79 Å². The van der Waals surface area contributed by atoms with E-state index in [2.05, 4.69) is 6.92 Å². The molecule has 0 aliphatic carbocycles. The standard InChI is InChI=1S/C12H21NO/c1-3-8-11(2)12(14)13-9-6-4-5-7-10-13/h8H,3-7,9-10H2,1-2H3/b11-8+. The molecule has 0 radical (unpaired) electrons. The van der Waals surface area contributed by atoms with Crippen molar-refractivity contribution in [3.63, 3.8) is 0 Å². The Hall–Kier alpha value is -0.790. The lowest BCUT2D eigenvalue weighted by molar-refractivity contribution is -0.127. The zero-order valence-corrected chi connectivity index (χ0v) is 9.38. The number of carbonyl (C=O) groups is 1. The maximum absolute atomic E-state index is 11.9. The largest absolute Gasteiger partial charge is 0.339 e. The molecule has 0 atom stereocenters. The van der Waals surface area contributed by atoms with Crippen LogP contribution in [0.3, 0.4) is 0 Å². The minimum atomic E-state index is 0.244. The molecule has 80 valence electrons. The summed E-state index contributed by atoms with van der Waals surface area (Å²) in [7, 11) is 0. The van der Waals surface area contributed by atoms with Crippen molar-refractivity contribution >= 4 is 5.91 Å². The number of likely N-dealkylation sites (tertiary alicyclic amines) is 1. The first-order valence-electron chi connectivity index (χ1n) is 5.71. The summed E-state index contributed by atoms with van der Waals surface area (Å²) < 4.78 is 0. The molecular formula is C12H21NO. The first-order chi connectivity index (χ1) is 6.75. The van der Waals surface area contributed by atoms with E-state index in [1.54, 1.807) is 0 Å². The molecule has 0 saturated carbocycles. The Morgan fingerprint density at radius 3 is 2.29 bits per heavy atom. The van der Waals surface area contributed by atoms with Gasteiger partial charge in [-0.2, -0.15) is 0 Å². The molecule has 0 spiro atoms.